The molecule has 4 nitrogen and oxygen atoms in total. The maximum Gasteiger partial charge on any atom is 0.0619 e. The van der Waals surface area contributed by atoms with Crippen LogP contribution in [0.5, 0.6) is 0 Å². The number of benzene rings is 13. The molecule has 0 saturated carbocycles. The van der Waals surface area contributed by atoms with Gasteiger partial charge in [-0.25, -0.2) is 0 Å². The van der Waals surface area contributed by atoms with Gasteiger partial charge in [0, 0.05) is 71.4 Å². The largest absolute Gasteiger partial charge is 0.309 e. The Labute approximate surface area is 473 Å². The lowest BCUT2D eigenvalue weighted by atomic mass is 9.94. The lowest BCUT2D eigenvalue weighted by molar-refractivity contribution is 1.17. The number of hydrogen-bond acceptors (Lipinski definition) is 0. The van der Waals surface area contributed by atoms with E-state index in [2.05, 4.69) is 322 Å². The normalized spacial score (nSPS) is 11.9. The predicted molar refractivity (Wildman–Crippen MR) is 346 cm³/mol. The van der Waals surface area contributed by atoms with E-state index in [4.69, 9.17) is 0 Å². The van der Waals surface area contributed by atoms with E-state index in [9.17, 15) is 0 Å². The first kappa shape index (κ1) is 46.0. The van der Waals surface area contributed by atoms with Gasteiger partial charge in [0.15, 0.2) is 0 Å². The van der Waals surface area contributed by atoms with Crippen molar-refractivity contribution in [3.63, 3.8) is 0 Å². The Morgan fingerprint density at radius 1 is 0.159 bits per heavy atom. The number of nitrogens with zero attached hydrogens (tertiary/aromatic N) is 4. The van der Waals surface area contributed by atoms with Crippen molar-refractivity contribution < 1.29 is 0 Å². The molecule has 0 spiro atoms. The molecule has 0 aliphatic rings. The van der Waals surface area contributed by atoms with Crippen molar-refractivity contribution >= 4 is 87.2 Å². The van der Waals surface area contributed by atoms with Crippen molar-refractivity contribution in [3.8, 4) is 67.3 Å². The molecule has 13 aromatic carbocycles. The van der Waals surface area contributed by atoms with E-state index in [0.29, 0.717) is 0 Å². The molecule has 0 unspecified atom stereocenters. The molecule has 0 aliphatic heterocycles. The number of fused-ring (bicyclic) bond motifs is 12. The summed E-state index contributed by atoms with van der Waals surface area (Å²) in [5, 5.41) is 9.95. The fourth-order valence-corrected chi connectivity index (χ4v) is 13.4. The predicted octanol–water partition coefficient (Wildman–Crippen LogP) is 20.7. The zero-order valence-electron chi connectivity index (χ0n) is 44.7. The molecule has 4 heterocycles. The average Bonchev–Trinajstić information content (AvgIpc) is 2.76. The Balaban J connectivity index is 0.845. The molecule has 0 N–H and O–H groups in total. The summed E-state index contributed by atoms with van der Waals surface area (Å²) in [5.74, 6) is 0. The highest BCUT2D eigenvalue weighted by molar-refractivity contribution is 6.17. The Kier molecular flexibility index (Phi) is 10.3. The lowest BCUT2D eigenvalue weighted by Gasteiger charge is -2.16. The number of hydrogen-bond donors (Lipinski definition) is 0. The third-order valence-corrected chi connectivity index (χ3v) is 17.2. The topological polar surface area (TPSA) is 19.7 Å². The maximum absolute atomic E-state index is 2.50. The Morgan fingerprint density at radius 3 is 0.829 bits per heavy atom. The minimum Gasteiger partial charge on any atom is -0.309 e. The van der Waals surface area contributed by atoms with Crippen molar-refractivity contribution in [3.05, 3.63) is 303 Å². The third kappa shape index (κ3) is 7.11. The van der Waals surface area contributed by atoms with Gasteiger partial charge in [0.05, 0.1) is 44.1 Å². The minimum atomic E-state index is 1.10. The van der Waals surface area contributed by atoms with E-state index in [1.165, 1.54) is 98.4 Å². The van der Waals surface area contributed by atoms with E-state index in [0.717, 1.165) is 56.1 Å². The number of para-hydroxylation sites is 6. The summed E-state index contributed by atoms with van der Waals surface area (Å²) in [5.41, 5.74) is 23.4. The first-order chi connectivity index (χ1) is 40.7. The molecule has 0 aliphatic carbocycles. The molecular formula is C78H50N4. The van der Waals surface area contributed by atoms with Gasteiger partial charge in [-0.15, -0.1) is 0 Å². The quantitative estimate of drug-likeness (QED) is 0.145. The zero-order valence-corrected chi connectivity index (χ0v) is 44.7. The minimum absolute atomic E-state index is 1.10. The van der Waals surface area contributed by atoms with Gasteiger partial charge in [-0.3, -0.25) is 0 Å². The molecule has 4 heteroatoms. The SMILES string of the molecule is c1ccc(-c2ccc3c(c2)c2cc(-c4ccc(-n5c6ccccc6c6ccccc65)cc4)cc(-c4ccc(-n5c6ccccc6c6ccccc65)cc4)c2n3-c2ccc(-c3ccc(-n4c5ccccc5c5ccccc54)cc3)cc2)cc1. The number of rotatable bonds is 8. The molecular weight excluding hydrogens is 993 g/mol. The van der Waals surface area contributed by atoms with Crippen LogP contribution < -0.4 is 0 Å². The van der Waals surface area contributed by atoms with Crippen LogP contribution in [0.1, 0.15) is 0 Å². The van der Waals surface area contributed by atoms with Crippen LogP contribution in [0, 0.1) is 0 Å². The summed E-state index contributed by atoms with van der Waals surface area (Å²) in [6.45, 7) is 0. The van der Waals surface area contributed by atoms with Gasteiger partial charge in [-0.1, -0.05) is 194 Å². The van der Waals surface area contributed by atoms with Gasteiger partial charge in [-0.2, -0.15) is 0 Å². The maximum atomic E-state index is 2.50. The fourth-order valence-electron chi connectivity index (χ4n) is 13.4. The molecule has 0 bridgehead atoms. The van der Waals surface area contributed by atoms with Crippen LogP contribution in [-0.2, 0) is 0 Å². The van der Waals surface area contributed by atoms with E-state index in [1.807, 2.05) is 0 Å². The van der Waals surface area contributed by atoms with Gasteiger partial charge in [-0.05, 0) is 148 Å². The molecule has 4 aromatic heterocycles. The van der Waals surface area contributed by atoms with Gasteiger partial charge in [0.25, 0.3) is 0 Å². The lowest BCUT2D eigenvalue weighted by Crippen LogP contribution is -1.97. The van der Waals surface area contributed by atoms with Crippen LogP contribution in [0.4, 0.5) is 0 Å². The van der Waals surface area contributed by atoms with Crippen LogP contribution in [0.25, 0.3) is 154 Å². The van der Waals surface area contributed by atoms with Gasteiger partial charge < -0.3 is 18.3 Å². The first-order valence-corrected chi connectivity index (χ1v) is 28.2. The van der Waals surface area contributed by atoms with E-state index < -0.39 is 0 Å². The van der Waals surface area contributed by atoms with Gasteiger partial charge >= 0.3 is 0 Å². The van der Waals surface area contributed by atoms with Gasteiger partial charge in [0.1, 0.15) is 0 Å². The summed E-state index contributed by atoms with van der Waals surface area (Å²) in [6, 6.07) is 112. The second kappa shape index (κ2) is 18.3. The summed E-state index contributed by atoms with van der Waals surface area (Å²) in [4.78, 5) is 0. The highest BCUT2D eigenvalue weighted by Crippen LogP contribution is 2.44. The number of aromatic nitrogens is 4. The van der Waals surface area contributed by atoms with Crippen LogP contribution in [-0.4, -0.2) is 18.3 Å². The van der Waals surface area contributed by atoms with Crippen LogP contribution >= 0.6 is 0 Å². The van der Waals surface area contributed by atoms with Crippen LogP contribution in [0.2, 0.25) is 0 Å². The summed E-state index contributed by atoms with van der Waals surface area (Å²) in [7, 11) is 0. The second-order valence-corrected chi connectivity index (χ2v) is 21.6. The van der Waals surface area contributed by atoms with Crippen molar-refractivity contribution in [1.29, 1.82) is 0 Å². The zero-order chi connectivity index (χ0) is 53.8. The van der Waals surface area contributed by atoms with Crippen molar-refractivity contribution in [2.24, 2.45) is 0 Å². The standard InChI is InChI=1S/C78H50N4/c1-2-16-51(17-3-1)56-38-47-77-69(48-56)70-50-57(54-34-41-59(42-35-54)80-73-26-12-6-20-64(73)65-21-7-13-27-74(65)80)49-68(55-36-45-60(46-37-55)81-75-28-14-8-22-66(75)67-23-9-15-29-76(67)81)78(70)82(77)61-43-32-53(33-44-61)52-30-39-58(40-31-52)79-71-24-10-4-18-62(71)63-19-5-11-25-72(63)79/h1-50H. The molecule has 17 rings (SSSR count). The Bertz CT molecular complexity index is 5180. The van der Waals surface area contributed by atoms with E-state index in [-0.39, 0.29) is 0 Å². The first-order valence-electron chi connectivity index (χ1n) is 28.2. The molecule has 82 heavy (non-hydrogen) atoms. The van der Waals surface area contributed by atoms with Crippen molar-refractivity contribution in [2.75, 3.05) is 0 Å². The Hall–Kier alpha value is -10.9. The monoisotopic (exact) mass is 1040 g/mol. The summed E-state index contributed by atoms with van der Waals surface area (Å²) in [6.07, 6.45) is 0. The molecule has 0 atom stereocenters. The summed E-state index contributed by atoms with van der Waals surface area (Å²) >= 11 is 0. The second-order valence-electron chi connectivity index (χ2n) is 21.6. The van der Waals surface area contributed by atoms with E-state index in [1.54, 1.807) is 0 Å². The molecule has 0 fully saturated rings. The average molecular weight is 1040 g/mol. The molecule has 0 radical (unpaired) electrons. The molecule has 0 saturated heterocycles. The van der Waals surface area contributed by atoms with Gasteiger partial charge in [0.2, 0.25) is 0 Å². The van der Waals surface area contributed by atoms with Crippen LogP contribution in [0.3, 0.4) is 0 Å². The van der Waals surface area contributed by atoms with E-state index >= 15 is 0 Å². The van der Waals surface area contributed by atoms with Crippen LogP contribution in [0.15, 0.2) is 303 Å². The smallest absolute Gasteiger partial charge is 0.0619 e. The molecule has 17 aromatic rings. The molecule has 0 amide bonds. The summed E-state index contributed by atoms with van der Waals surface area (Å²) < 4.78 is 9.68. The highest BCUT2D eigenvalue weighted by atomic mass is 15.0. The highest BCUT2D eigenvalue weighted by Gasteiger charge is 2.22. The third-order valence-electron chi connectivity index (χ3n) is 17.2. The Morgan fingerprint density at radius 2 is 0.439 bits per heavy atom. The van der Waals surface area contributed by atoms with Crippen molar-refractivity contribution in [1.82, 2.24) is 18.3 Å². The fraction of sp³-hybridized carbons (Fsp3) is 0. The molecule has 382 valence electrons. The van der Waals surface area contributed by atoms with Crippen molar-refractivity contribution in [2.45, 2.75) is 0 Å².